The molecule has 1 saturated heterocycles. The van der Waals surface area contributed by atoms with E-state index in [0.29, 0.717) is 23.7 Å². The molecule has 0 saturated carbocycles. The highest BCUT2D eigenvalue weighted by atomic mass is 35.5. The van der Waals surface area contributed by atoms with Gasteiger partial charge in [0.1, 0.15) is 5.75 Å². The Morgan fingerprint density at radius 3 is 2.81 bits per heavy atom. The van der Waals surface area contributed by atoms with Crippen molar-refractivity contribution in [2.24, 2.45) is 0 Å². The highest BCUT2D eigenvalue weighted by molar-refractivity contribution is 6.30. The van der Waals surface area contributed by atoms with E-state index >= 15 is 0 Å². The Hall–Kier alpha value is -0.950. The molecule has 1 heterocycles. The average molecular weight is 322 g/mol. The molecule has 4 nitrogen and oxygen atoms in total. The van der Waals surface area contributed by atoms with Crippen molar-refractivity contribution in [2.45, 2.75) is 38.2 Å². The molecule has 1 aliphatic rings. The van der Waals surface area contributed by atoms with Crippen LogP contribution >= 0.6 is 11.6 Å². The summed E-state index contributed by atoms with van der Waals surface area (Å²) >= 11 is 5.87. The molecule has 0 bridgehead atoms. The first kappa shape index (κ1) is 16.4. The Kier molecular flexibility index (Phi) is 6.17. The molecule has 2 rings (SSSR count). The molecule has 118 valence electrons. The molecule has 0 aliphatic carbocycles. The molecule has 1 aliphatic heterocycles. The fourth-order valence-electron chi connectivity index (χ4n) is 2.33. The van der Waals surface area contributed by atoms with Crippen molar-refractivity contribution in [1.82, 2.24) is 5.32 Å². The van der Waals surface area contributed by atoms with Crippen LogP contribution in [0.4, 0.5) is 8.78 Å². The third-order valence-corrected chi connectivity index (χ3v) is 3.56. The third kappa shape index (κ3) is 5.07. The third-order valence-electron chi connectivity index (χ3n) is 3.33. The van der Waals surface area contributed by atoms with Crippen LogP contribution in [0.15, 0.2) is 18.2 Å². The van der Waals surface area contributed by atoms with Crippen LogP contribution in [0, 0.1) is 0 Å². The second-order valence-electron chi connectivity index (χ2n) is 4.90. The van der Waals surface area contributed by atoms with Gasteiger partial charge in [-0.25, -0.2) is 0 Å². The SMILES string of the molecule is OC[C@@H]1CC[C@H](CNCc2cc(Cl)ccc2OC(F)F)O1. The number of rotatable bonds is 7. The van der Waals surface area contributed by atoms with Crippen LogP contribution in [0.1, 0.15) is 18.4 Å². The minimum Gasteiger partial charge on any atom is -0.434 e. The Labute approximate surface area is 127 Å². The molecular formula is C14H18ClF2NO3. The second-order valence-corrected chi connectivity index (χ2v) is 5.34. The van der Waals surface area contributed by atoms with Crippen molar-refractivity contribution in [3.8, 4) is 5.75 Å². The van der Waals surface area contributed by atoms with Gasteiger partial charge in [-0.05, 0) is 31.0 Å². The number of aliphatic hydroxyl groups excluding tert-OH is 1. The number of aliphatic hydroxyl groups is 1. The minimum absolute atomic E-state index is 0.0250. The van der Waals surface area contributed by atoms with E-state index in [4.69, 9.17) is 21.4 Å². The molecule has 0 aromatic heterocycles. The average Bonchev–Trinajstić information content (AvgIpc) is 2.89. The number of nitrogens with one attached hydrogen (secondary N) is 1. The first-order chi connectivity index (χ1) is 10.1. The van der Waals surface area contributed by atoms with Gasteiger partial charge in [0.2, 0.25) is 0 Å². The van der Waals surface area contributed by atoms with Crippen LogP contribution in [0.25, 0.3) is 0 Å². The lowest BCUT2D eigenvalue weighted by molar-refractivity contribution is -0.0505. The molecule has 0 spiro atoms. The summed E-state index contributed by atoms with van der Waals surface area (Å²) in [5.41, 5.74) is 0.569. The molecule has 2 atom stereocenters. The quantitative estimate of drug-likeness (QED) is 0.810. The van der Waals surface area contributed by atoms with Crippen molar-refractivity contribution in [1.29, 1.82) is 0 Å². The van der Waals surface area contributed by atoms with Crippen molar-refractivity contribution >= 4 is 11.6 Å². The predicted octanol–water partition coefficient (Wildman–Crippen LogP) is 2.57. The zero-order valence-electron chi connectivity index (χ0n) is 11.4. The zero-order chi connectivity index (χ0) is 15.2. The lowest BCUT2D eigenvalue weighted by atomic mass is 10.2. The number of alkyl halides is 2. The smallest absolute Gasteiger partial charge is 0.387 e. The van der Waals surface area contributed by atoms with Crippen molar-refractivity contribution in [3.05, 3.63) is 28.8 Å². The predicted molar refractivity (Wildman–Crippen MR) is 74.8 cm³/mol. The largest absolute Gasteiger partial charge is 0.434 e. The molecule has 2 N–H and O–H groups in total. The summed E-state index contributed by atoms with van der Waals surface area (Å²) in [7, 11) is 0. The monoisotopic (exact) mass is 321 g/mol. The van der Waals surface area contributed by atoms with E-state index in [-0.39, 0.29) is 24.6 Å². The van der Waals surface area contributed by atoms with Crippen molar-refractivity contribution in [3.63, 3.8) is 0 Å². The number of halogens is 3. The first-order valence-corrected chi connectivity index (χ1v) is 7.16. The molecule has 21 heavy (non-hydrogen) atoms. The normalized spacial score (nSPS) is 22.0. The molecular weight excluding hydrogens is 304 g/mol. The summed E-state index contributed by atoms with van der Waals surface area (Å²) in [6.45, 7) is -1.91. The lowest BCUT2D eigenvalue weighted by Gasteiger charge is -2.15. The second kappa shape index (κ2) is 7.89. The molecule has 1 fully saturated rings. The molecule has 0 radical (unpaired) electrons. The summed E-state index contributed by atoms with van der Waals surface area (Å²) in [6, 6.07) is 4.53. The molecule has 7 heteroatoms. The Bertz CT molecular complexity index is 462. The van der Waals surface area contributed by atoms with Gasteiger partial charge < -0.3 is 19.9 Å². The number of benzene rings is 1. The van der Waals surface area contributed by atoms with E-state index < -0.39 is 6.61 Å². The highest BCUT2D eigenvalue weighted by Gasteiger charge is 2.24. The molecule has 1 aromatic rings. The van der Waals surface area contributed by atoms with E-state index in [2.05, 4.69) is 10.1 Å². The van der Waals surface area contributed by atoms with Crippen molar-refractivity contribution in [2.75, 3.05) is 13.2 Å². The van der Waals surface area contributed by atoms with Crippen LogP contribution in [0.5, 0.6) is 5.75 Å². The van der Waals surface area contributed by atoms with Gasteiger partial charge >= 0.3 is 6.61 Å². The summed E-state index contributed by atoms with van der Waals surface area (Å²) < 4.78 is 34.7. The van der Waals surface area contributed by atoms with E-state index in [1.807, 2.05) is 0 Å². The van der Waals surface area contributed by atoms with Gasteiger partial charge in [-0.1, -0.05) is 11.6 Å². The maximum atomic E-state index is 12.3. The lowest BCUT2D eigenvalue weighted by Crippen LogP contribution is -2.27. The zero-order valence-corrected chi connectivity index (χ0v) is 12.2. The van der Waals surface area contributed by atoms with Gasteiger partial charge in [0.15, 0.2) is 0 Å². The van der Waals surface area contributed by atoms with Crippen LogP contribution in [0.3, 0.4) is 0 Å². The van der Waals surface area contributed by atoms with Crippen LogP contribution in [-0.2, 0) is 11.3 Å². The van der Waals surface area contributed by atoms with Gasteiger partial charge in [0.05, 0.1) is 18.8 Å². The van der Waals surface area contributed by atoms with E-state index in [1.165, 1.54) is 12.1 Å². The van der Waals surface area contributed by atoms with Gasteiger partial charge in [0, 0.05) is 23.7 Å². The fraction of sp³-hybridized carbons (Fsp3) is 0.571. The summed E-state index contributed by atoms with van der Waals surface area (Å²) in [5.74, 6) is 0.113. The number of ether oxygens (including phenoxy) is 2. The van der Waals surface area contributed by atoms with Gasteiger partial charge in [-0.2, -0.15) is 8.78 Å². The Morgan fingerprint density at radius 1 is 1.38 bits per heavy atom. The van der Waals surface area contributed by atoms with E-state index in [0.717, 1.165) is 12.8 Å². The van der Waals surface area contributed by atoms with Crippen LogP contribution < -0.4 is 10.1 Å². The first-order valence-electron chi connectivity index (χ1n) is 6.78. The summed E-state index contributed by atoms with van der Waals surface area (Å²) in [5, 5.41) is 12.6. The fourth-order valence-corrected chi connectivity index (χ4v) is 2.52. The Balaban J connectivity index is 1.86. The maximum absolute atomic E-state index is 12.3. The maximum Gasteiger partial charge on any atom is 0.387 e. The molecule has 0 unspecified atom stereocenters. The van der Waals surface area contributed by atoms with Crippen molar-refractivity contribution < 1.29 is 23.4 Å². The summed E-state index contributed by atoms with van der Waals surface area (Å²) in [6.07, 6.45) is 1.63. The topological polar surface area (TPSA) is 50.7 Å². The Morgan fingerprint density at radius 2 is 2.14 bits per heavy atom. The van der Waals surface area contributed by atoms with E-state index in [1.54, 1.807) is 6.07 Å². The van der Waals surface area contributed by atoms with Gasteiger partial charge in [-0.3, -0.25) is 0 Å². The number of hydrogen-bond acceptors (Lipinski definition) is 4. The van der Waals surface area contributed by atoms with Gasteiger partial charge in [0.25, 0.3) is 0 Å². The van der Waals surface area contributed by atoms with Crippen LogP contribution in [0.2, 0.25) is 5.02 Å². The van der Waals surface area contributed by atoms with Crippen LogP contribution in [-0.4, -0.2) is 37.1 Å². The summed E-state index contributed by atoms with van der Waals surface area (Å²) in [4.78, 5) is 0. The standard InChI is InChI=1S/C14H18ClF2NO3/c15-10-1-4-13(21-14(16)17)9(5-10)6-18-7-11-2-3-12(8-19)20-11/h1,4-5,11-12,14,18-19H,2-3,6-8H2/t11-,12+/m1/s1. The van der Waals surface area contributed by atoms with E-state index in [9.17, 15) is 8.78 Å². The minimum atomic E-state index is -2.87. The number of hydrogen-bond donors (Lipinski definition) is 2. The molecule has 1 aromatic carbocycles. The highest BCUT2D eigenvalue weighted by Crippen LogP contribution is 2.25. The molecule has 0 amide bonds. The van der Waals surface area contributed by atoms with Gasteiger partial charge in [-0.15, -0.1) is 0 Å².